The van der Waals surface area contributed by atoms with Crippen molar-refractivity contribution >= 4 is 17.7 Å². The van der Waals surface area contributed by atoms with Gasteiger partial charge in [0, 0.05) is 11.6 Å². The first kappa shape index (κ1) is 15.3. The lowest BCUT2D eigenvalue weighted by atomic mass is 10.1. The molecule has 1 aromatic heterocycles. The third-order valence-corrected chi connectivity index (χ3v) is 2.81. The Labute approximate surface area is 115 Å². The highest BCUT2D eigenvalue weighted by Crippen LogP contribution is 2.20. The van der Waals surface area contributed by atoms with E-state index >= 15 is 0 Å². The van der Waals surface area contributed by atoms with Crippen LogP contribution in [-0.4, -0.2) is 21.9 Å². The zero-order valence-electron chi connectivity index (χ0n) is 12.0. The predicted molar refractivity (Wildman–Crippen MR) is 79.0 cm³/mol. The van der Waals surface area contributed by atoms with Gasteiger partial charge < -0.3 is 5.32 Å². The quantitative estimate of drug-likeness (QED) is 0.822. The van der Waals surface area contributed by atoms with E-state index in [1.54, 1.807) is 6.20 Å². The molecule has 0 unspecified atom stereocenters. The number of aromatic nitrogens is 2. The van der Waals surface area contributed by atoms with Crippen LogP contribution in [0, 0.1) is 0 Å². The maximum Gasteiger partial charge on any atom is 0.0859 e. The zero-order chi connectivity index (χ0) is 13.8. The molecule has 0 atom stereocenters. The monoisotopic (exact) mass is 269 g/mol. The number of nitrogens with zero attached hydrogens (tertiary/aromatic N) is 2. The number of hydrogen-bond donors (Lipinski definition) is 1. The zero-order valence-corrected chi connectivity index (χ0v) is 12.8. The summed E-state index contributed by atoms with van der Waals surface area (Å²) < 4.78 is 1.94. The highest BCUT2D eigenvalue weighted by atomic mass is 35.5. The molecular formula is C14H24ClN3. The van der Waals surface area contributed by atoms with Gasteiger partial charge in [-0.3, -0.25) is 4.68 Å². The highest BCUT2D eigenvalue weighted by molar-refractivity contribution is 6.31. The number of nitrogens with one attached hydrogen (secondary N) is 1. The summed E-state index contributed by atoms with van der Waals surface area (Å²) in [6.45, 7) is 11.7. The van der Waals surface area contributed by atoms with Crippen LogP contribution in [0.1, 0.15) is 52.8 Å². The van der Waals surface area contributed by atoms with Crippen LogP contribution in [-0.2, 0) is 0 Å². The first-order valence-electron chi connectivity index (χ1n) is 6.46. The number of hydrogen-bond acceptors (Lipinski definition) is 2. The third kappa shape index (κ3) is 4.83. The normalized spacial score (nSPS) is 12.8. The van der Waals surface area contributed by atoms with Crippen molar-refractivity contribution in [1.82, 2.24) is 15.1 Å². The third-order valence-electron chi connectivity index (χ3n) is 2.52. The van der Waals surface area contributed by atoms with Gasteiger partial charge in [0.2, 0.25) is 0 Å². The minimum absolute atomic E-state index is 0.172. The van der Waals surface area contributed by atoms with E-state index in [2.05, 4.69) is 57.2 Å². The average Bonchev–Trinajstić information content (AvgIpc) is 2.58. The van der Waals surface area contributed by atoms with Crippen molar-refractivity contribution in [3.05, 3.63) is 23.0 Å². The molecule has 0 aromatic carbocycles. The first-order valence-corrected chi connectivity index (χ1v) is 6.83. The summed E-state index contributed by atoms with van der Waals surface area (Å²) in [7, 11) is 0. The van der Waals surface area contributed by atoms with E-state index < -0.39 is 0 Å². The van der Waals surface area contributed by atoms with E-state index in [1.807, 2.05) is 4.68 Å². The summed E-state index contributed by atoms with van der Waals surface area (Å²) in [5, 5.41) is 8.43. The maximum absolute atomic E-state index is 6.12. The molecule has 0 fully saturated rings. The van der Waals surface area contributed by atoms with Crippen molar-refractivity contribution in [3.63, 3.8) is 0 Å². The van der Waals surface area contributed by atoms with E-state index in [0.717, 1.165) is 18.7 Å². The molecule has 0 saturated carbocycles. The van der Waals surface area contributed by atoms with Gasteiger partial charge in [0.25, 0.3) is 0 Å². The van der Waals surface area contributed by atoms with E-state index in [4.69, 9.17) is 11.6 Å². The van der Waals surface area contributed by atoms with Gasteiger partial charge >= 0.3 is 0 Å². The van der Waals surface area contributed by atoms with Crippen LogP contribution in [0.2, 0.25) is 5.02 Å². The lowest BCUT2D eigenvalue weighted by Crippen LogP contribution is -2.36. The topological polar surface area (TPSA) is 29.9 Å². The van der Waals surface area contributed by atoms with Crippen molar-refractivity contribution in [1.29, 1.82) is 0 Å². The predicted octanol–water partition coefficient (Wildman–Crippen LogP) is 3.91. The fourth-order valence-corrected chi connectivity index (χ4v) is 1.84. The Balaban J connectivity index is 2.54. The molecule has 3 nitrogen and oxygen atoms in total. The molecule has 1 rings (SSSR count). The van der Waals surface area contributed by atoms with Gasteiger partial charge in [-0.05, 0) is 53.7 Å². The molecule has 1 heterocycles. The van der Waals surface area contributed by atoms with Gasteiger partial charge in [0.05, 0.1) is 16.9 Å². The van der Waals surface area contributed by atoms with Crippen LogP contribution in [0.4, 0.5) is 0 Å². The van der Waals surface area contributed by atoms with Crippen molar-refractivity contribution in [2.45, 2.75) is 52.6 Å². The molecule has 0 spiro atoms. The molecule has 0 amide bonds. The average molecular weight is 270 g/mol. The minimum Gasteiger partial charge on any atom is -0.312 e. The SMILES string of the molecule is CC(C)n1ncc(Cl)c1/C=C/CCNC(C)(C)C. The van der Waals surface area contributed by atoms with Crippen LogP contribution < -0.4 is 5.32 Å². The summed E-state index contributed by atoms with van der Waals surface area (Å²) in [6.07, 6.45) is 6.88. The molecule has 0 saturated heterocycles. The molecule has 0 aliphatic rings. The largest absolute Gasteiger partial charge is 0.312 e. The van der Waals surface area contributed by atoms with E-state index in [9.17, 15) is 0 Å². The summed E-state index contributed by atoms with van der Waals surface area (Å²) in [5.74, 6) is 0. The summed E-state index contributed by atoms with van der Waals surface area (Å²) in [6, 6.07) is 0.324. The van der Waals surface area contributed by atoms with Gasteiger partial charge in [0.15, 0.2) is 0 Å². The lowest BCUT2D eigenvalue weighted by molar-refractivity contribution is 0.431. The standard InChI is InChI=1S/C14H24ClN3/c1-11(2)18-13(12(15)10-17-18)8-6-7-9-16-14(3,4)5/h6,8,10-11,16H,7,9H2,1-5H3/b8-6+. The molecule has 1 N–H and O–H groups in total. The minimum atomic E-state index is 0.172. The van der Waals surface area contributed by atoms with Gasteiger partial charge in [-0.2, -0.15) is 5.10 Å². The Bertz CT molecular complexity index is 400. The second-order valence-corrected chi connectivity index (χ2v) is 6.19. The van der Waals surface area contributed by atoms with E-state index in [1.165, 1.54) is 0 Å². The molecule has 102 valence electrons. The first-order chi connectivity index (χ1) is 8.31. The molecule has 0 bridgehead atoms. The van der Waals surface area contributed by atoms with Gasteiger partial charge in [-0.1, -0.05) is 17.7 Å². The molecule has 0 aliphatic carbocycles. The molecule has 0 aliphatic heterocycles. The fraction of sp³-hybridized carbons (Fsp3) is 0.643. The highest BCUT2D eigenvalue weighted by Gasteiger charge is 2.09. The van der Waals surface area contributed by atoms with E-state index in [0.29, 0.717) is 11.1 Å². The lowest BCUT2D eigenvalue weighted by Gasteiger charge is -2.19. The maximum atomic E-state index is 6.12. The van der Waals surface area contributed by atoms with Gasteiger partial charge in [-0.15, -0.1) is 0 Å². The number of halogens is 1. The van der Waals surface area contributed by atoms with Crippen molar-refractivity contribution < 1.29 is 0 Å². The van der Waals surface area contributed by atoms with Crippen LogP contribution >= 0.6 is 11.6 Å². The molecular weight excluding hydrogens is 246 g/mol. The summed E-state index contributed by atoms with van der Waals surface area (Å²) in [5.41, 5.74) is 1.16. The van der Waals surface area contributed by atoms with Crippen LogP contribution in [0.15, 0.2) is 12.3 Å². The molecule has 4 heteroatoms. The van der Waals surface area contributed by atoms with E-state index in [-0.39, 0.29) is 5.54 Å². The molecule has 1 aromatic rings. The summed E-state index contributed by atoms with van der Waals surface area (Å²) in [4.78, 5) is 0. The second kappa shape index (κ2) is 6.39. The Morgan fingerprint density at radius 3 is 2.67 bits per heavy atom. The van der Waals surface area contributed by atoms with Crippen molar-refractivity contribution in [2.24, 2.45) is 0 Å². The number of rotatable bonds is 5. The Morgan fingerprint density at radius 1 is 1.44 bits per heavy atom. The van der Waals surface area contributed by atoms with Crippen LogP contribution in [0.3, 0.4) is 0 Å². The Morgan fingerprint density at radius 2 is 2.11 bits per heavy atom. The fourth-order valence-electron chi connectivity index (χ4n) is 1.64. The summed E-state index contributed by atoms with van der Waals surface area (Å²) >= 11 is 6.12. The molecule has 0 radical (unpaired) electrons. The Kier molecular flexibility index (Phi) is 5.42. The second-order valence-electron chi connectivity index (χ2n) is 5.78. The van der Waals surface area contributed by atoms with Crippen LogP contribution in [0.25, 0.3) is 6.08 Å². The van der Waals surface area contributed by atoms with Crippen molar-refractivity contribution in [2.75, 3.05) is 6.54 Å². The Hall–Kier alpha value is -0.800. The molecule has 18 heavy (non-hydrogen) atoms. The van der Waals surface area contributed by atoms with Gasteiger partial charge in [0.1, 0.15) is 0 Å². The van der Waals surface area contributed by atoms with Crippen molar-refractivity contribution in [3.8, 4) is 0 Å². The van der Waals surface area contributed by atoms with Crippen LogP contribution in [0.5, 0.6) is 0 Å². The smallest absolute Gasteiger partial charge is 0.0859 e. The van der Waals surface area contributed by atoms with Gasteiger partial charge in [-0.25, -0.2) is 0 Å².